The number of nitrogens with zero attached hydrogens (tertiary/aromatic N) is 3. The van der Waals surface area contributed by atoms with Crippen molar-refractivity contribution in [2.75, 3.05) is 0 Å². The lowest BCUT2D eigenvalue weighted by Gasteiger charge is -2.12. The summed E-state index contributed by atoms with van der Waals surface area (Å²) in [5.41, 5.74) is 12.4. The molecule has 0 saturated carbocycles. The van der Waals surface area contributed by atoms with Gasteiger partial charge in [-0.15, -0.1) is 0 Å². The molecule has 0 radical (unpaired) electrons. The summed E-state index contributed by atoms with van der Waals surface area (Å²) in [6, 6.07) is 35.7. The molecule has 0 fully saturated rings. The fourth-order valence-corrected chi connectivity index (χ4v) is 5.98. The van der Waals surface area contributed by atoms with Crippen LogP contribution in [0.3, 0.4) is 0 Å². The Kier molecular flexibility index (Phi) is 5.82. The third kappa shape index (κ3) is 4.30. The maximum absolute atomic E-state index is 5.28. The van der Waals surface area contributed by atoms with Gasteiger partial charge in [-0.05, 0) is 64.8 Å². The molecule has 4 aliphatic heterocycles. The van der Waals surface area contributed by atoms with E-state index >= 15 is 0 Å². The number of nitrogens with one attached hydrogen (secondary N) is 1. The number of aliphatic imine (C=N–C) groups is 3. The lowest BCUT2D eigenvalue weighted by Crippen LogP contribution is -2.21. The number of aromatic amines is 1. The number of benzene rings is 3. The molecule has 8 bridgehead atoms. The van der Waals surface area contributed by atoms with E-state index < -0.39 is 0 Å². The van der Waals surface area contributed by atoms with Gasteiger partial charge in [0.25, 0.3) is 0 Å². The first-order chi connectivity index (χ1) is 20.8. The molecule has 1 N–H and O–H groups in total. The molecule has 4 nitrogen and oxygen atoms in total. The molecule has 4 aromatic rings. The largest absolute Gasteiger partial charge is 0.354 e. The first-order valence-corrected chi connectivity index (χ1v) is 14.2. The lowest BCUT2D eigenvalue weighted by atomic mass is 9.93. The Morgan fingerprint density at radius 1 is 0.524 bits per heavy atom. The van der Waals surface area contributed by atoms with Crippen molar-refractivity contribution in [1.29, 1.82) is 0 Å². The van der Waals surface area contributed by atoms with Crippen molar-refractivity contribution in [1.82, 2.24) is 4.98 Å². The fraction of sp³-hybridized carbons (Fsp3) is 0.0263. The van der Waals surface area contributed by atoms with Crippen LogP contribution in [0.25, 0.3) is 16.7 Å². The molecule has 5 heterocycles. The van der Waals surface area contributed by atoms with Gasteiger partial charge in [0.05, 0.1) is 22.8 Å². The molecule has 1 aromatic heterocycles. The van der Waals surface area contributed by atoms with Crippen LogP contribution in [-0.2, 0) is 0 Å². The van der Waals surface area contributed by atoms with Gasteiger partial charge in [0, 0.05) is 45.8 Å². The van der Waals surface area contributed by atoms with E-state index in [-0.39, 0.29) is 0 Å². The summed E-state index contributed by atoms with van der Waals surface area (Å²) in [6.45, 7) is 0. The second-order valence-electron chi connectivity index (χ2n) is 10.6. The van der Waals surface area contributed by atoms with Gasteiger partial charge in [0.2, 0.25) is 0 Å². The van der Waals surface area contributed by atoms with Gasteiger partial charge in [-0.2, -0.15) is 0 Å². The second-order valence-corrected chi connectivity index (χ2v) is 10.6. The average Bonchev–Trinajstić information content (AvgIpc) is 3.86. The highest BCUT2D eigenvalue weighted by atomic mass is 14.8. The smallest absolute Gasteiger partial charge is 0.0737 e. The number of rotatable bonds is 3. The third-order valence-electron chi connectivity index (χ3n) is 7.88. The highest BCUT2D eigenvalue weighted by Crippen LogP contribution is 2.36. The van der Waals surface area contributed by atoms with E-state index in [9.17, 15) is 0 Å². The summed E-state index contributed by atoms with van der Waals surface area (Å²) < 4.78 is 0. The van der Waals surface area contributed by atoms with E-state index in [1.165, 1.54) is 0 Å². The minimum Gasteiger partial charge on any atom is -0.354 e. The summed E-state index contributed by atoms with van der Waals surface area (Å²) in [7, 11) is 0. The zero-order valence-electron chi connectivity index (χ0n) is 22.8. The van der Waals surface area contributed by atoms with Crippen LogP contribution in [0.4, 0.5) is 0 Å². The van der Waals surface area contributed by atoms with Crippen molar-refractivity contribution >= 4 is 33.9 Å². The maximum Gasteiger partial charge on any atom is 0.0737 e. The predicted octanol–water partition coefficient (Wildman–Crippen LogP) is 6.47. The van der Waals surface area contributed by atoms with Crippen LogP contribution in [-0.4, -0.2) is 22.1 Å². The summed E-state index contributed by atoms with van der Waals surface area (Å²) in [4.78, 5) is 18.9. The molecule has 0 amide bonds. The number of hydrogen-bond acceptors (Lipinski definition) is 3. The molecular formula is C38H26N4. The molecule has 0 aliphatic carbocycles. The summed E-state index contributed by atoms with van der Waals surface area (Å²) in [6.07, 6.45) is 13.3. The first-order valence-electron chi connectivity index (χ1n) is 14.2. The molecule has 42 heavy (non-hydrogen) atoms. The normalized spacial score (nSPS) is 17.3. The highest BCUT2D eigenvalue weighted by Gasteiger charge is 2.23. The molecule has 4 heteroatoms. The van der Waals surface area contributed by atoms with Crippen LogP contribution in [0.2, 0.25) is 0 Å². The fourth-order valence-electron chi connectivity index (χ4n) is 5.98. The monoisotopic (exact) mass is 538 g/mol. The zero-order valence-corrected chi connectivity index (χ0v) is 22.8. The Balaban J connectivity index is 1.45. The molecule has 0 saturated heterocycles. The Morgan fingerprint density at radius 3 is 1.69 bits per heavy atom. The standard InChI is InChI=1S/C38H26N4/c1-4-10-25(11-5-1)36-28-22-30(39-24-28)23-29-16-17-32(40-29)37(26-12-6-2-7-13-26)33-20-21-35(42-33)38(27-14-8-3-9-15-27)34-19-18-31(36)41-34/h1-21,23-24,42H,22H2. The van der Waals surface area contributed by atoms with Gasteiger partial charge in [-0.25, -0.2) is 9.98 Å². The van der Waals surface area contributed by atoms with Gasteiger partial charge < -0.3 is 4.98 Å². The number of hydrogen-bond donors (Lipinski definition) is 1. The van der Waals surface area contributed by atoms with Gasteiger partial charge in [0.1, 0.15) is 0 Å². The van der Waals surface area contributed by atoms with Gasteiger partial charge in [-0.3, -0.25) is 4.99 Å². The average molecular weight is 539 g/mol. The van der Waals surface area contributed by atoms with E-state index in [0.717, 1.165) is 84.6 Å². The van der Waals surface area contributed by atoms with Crippen LogP contribution in [0.1, 0.15) is 23.1 Å². The van der Waals surface area contributed by atoms with Crippen molar-refractivity contribution in [2.45, 2.75) is 6.42 Å². The Morgan fingerprint density at radius 2 is 1.07 bits per heavy atom. The van der Waals surface area contributed by atoms with Crippen molar-refractivity contribution in [3.63, 3.8) is 0 Å². The van der Waals surface area contributed by atoms with E-state index in [1.54, 1.807) is 0 Å². The van der Waals surface area contributed by atoms with Crippen LogP contribution in [0, 0.1) is 0 Å². The lowest BCUT2D eigenvalue weighted by molar-refractivity contribution is 1.25. The summed E-state index contributed by atoms with van der Waals surface area (Å²) in [5.74, 6) is 0. The second kappa shape index (κ2) is 10.1. The van der Waals surface area contributed by atoms with Crippen molar-refractivity contribution in [3.8, 4) is 0 Å². The molecule has 0 unspecified atom stereocenters. The Hall–Kier alpha value is -5.61. The highest BCUT2D eigenvalue weighted by molar-refractivity contribution is 6.31. The van der Waals surface area contributed by atoms with Gasteiger partial charge in [-0.1, -0.05) is 91.0 Å². The molecule has 0 atom stereocenters. The van der Waals surface area contributed by atoms with Crippen molar-refractivity contribution < 1.29 is 0 Å². The van der Waals surface area contributed by atoms with Crippen LogP contribution < -0.4 is 10.7 Å². The summed E-state index contributed by atoms with van der Waals surface area (Å²) >= 11 is 0. The quantitative estimate of drug-likeness (QED) is 0.311. The van der Waals surface area contributed by atoms with E-state index in [0.29, 0.717) is 0 Å². The van der Waals surface area contributed by atoms with E-state index in [4.69, 9.17) is 15.0 Å². The number of fused-ring (bicyclic) bond motifs is 6. The SMILES string of the molecule is C1=CC2=NC1=CC1=NC=C(C1)C(c1ccccc1)=C1C=CC(=N1)C(c1ccccc1)=c1ccc([nH]1)=C2c1ccccc1. The van der Waals surface area contributed by atoms with Gasteiger partial charge in [0.15, 0.2) is 0 Å². The molecule has 4 aliphatic rings. The van der Waals surface area contributed by atoms with Gasteiger partial charge >= 0.3 is 0 Å². The Labute approximate surface area is 243 Å². The molecule has 0 spiro atoms. The minimum absolute atomic E-state index is 0.719. The Bertz CT molecular complexity index is 2110. The predicted molar refractivity (Wildman–Crippen MR) is 173 cm³/mol. The molecule has 198 valence electrons. The van der Waals surface area contributed by atoms with Crippen LogP contribution >= 0.6 is 0 Å². The molecular weight excluding hydrogens is 512 g/mol. The van der Waals surface area contributed by atoms with Crippen LogP contribution in [0.5, 0.6) is 0 Å². The molecule has 3 aromatic carbocycles. The van der Waals surface area contributed by atoms with E-state index in [2.05, 4.69) is 120 Å². The van der Waals surface area contributed by atoms with E-state index in [1.807, 2.05) is 24.4 Å². The first kappa shape index (κ1) is 24.2. The molecule has 8 rings (SSSR count). The van der Waals surface area contributed by atoms with Crippen molar-refractivity contribution in [3.05, 3.63) is 184 Å². The van der Waals surface area contributed by atoms with Crippen LogP contribution in [0.15, 0.2) is 172 Å². The summed E-state index contributed by atoms with van der Waals surface area (Å²) in [5, 5.41) is 2.01. The maximum atomic E-state index is 5.28. The van der Waals surface area contributed by atoms with Crippen molar-refractivity contribution in [2.24, 2.45) is 15.0 Å². The number of aromatic nitrogens is 1. The zero-order chi connectivity index (χ0) is 27.9. The minimum atomic E-state index is 0.719. The number of H-pyrrole nitrogens is 1. The number of allylic oxidation sites excluding steroid dienone is 7. The third-order valence-corrected chi connectivity index (χ3v) is 7.88. The topological polar surface area (TPSA) is 52.9 Å².